The third-order valence-corrected chi connectivity index (χ3v) is 2.71. The Bertz CT molecular complexity index is 377. The van der Waals surface area contributed by atoms with Crippen molar-refractivity contribution in [1.29, 1.82) is 0 Å². The van der Waals surface area contributed by atoms with Gasteiger partial charge in [-0.05, 0) is 38.7 Å². The molecule has 0 amide bonds. The molecule has 1 aromatic carbocycles. The SMILES string of the molecule is CN(C)CCC(NN)c1ccccc1C(F)(F)F. The van der Waals surface area contributed by atoms with E-state index in [0.717, 1.165) is 6.07 Å². The number of nitrogens with one attached hydrogen (secondary N) is 1. The second kappa shape index (κ2) is 6.17. The standard InChI is InChI=1S/C12H18F3N3/c1-18(2)8-7-11(17-16)9-5-3-4-6-10(9)12(13,14)15/h3-6,11,17H,7-8,16H2,1-2H3. The van der Waals surface area contributed by atoms with Crippen LogP contribution in [-0.2, 0) is 6.18 Å². The van der Waals surface area contributed by atoms with Crippen molar-refractivity contribution in [2.75, 3.05) is 20.6 Å². The van der Waals surface area contributed by atoms with Crippen LogP contribution in [0, 0.1) is 0 Å². The number of halogens is 3. The zero-order valence-electron chi connectivity index (χ0n) is 10.5. The molecule has 0 saturated heterocycles. The molecule has 18 heavy (non-hydrogen) atoms. The Hall–Kier alpha value is -1.11. The lowest BCUT2D eigenvalue weighted by molar-refractivity contribution is -0.138. The zero-order valence-corrected chi connectivity index (χ0v) is 10.5. The largest absolute Gasteiger partial charge is 0.416 e. The number of nitrogens with zero attached hydrogens (tertiary/aromatic N) is 1. The van der Waals surface area contributed by atoms with Crippen LogP contribution in [0.2, 0.25) is 0 Å². The molecule has 6 heteroatoms. The van der Waals surface area contributed by atoms with E-state index in [4.69, 9.17) is 5.84 Å². The predicted molar refractivity (Wildman–Crippen MR) is 64.7 cm³/mol. The lowest BCUT2D eigenvalue weighted by atomic mass is 9.98. The van der Waals surface area contributed by atoms with E-state index in [9.17, 15) is 13.2 Å². The summed E-state index contributed by atoms with van der Waals surface area (Å²) in [6, 6.07) is 5.00. The molecule has 3 N–H and O–H groups in total. The number of alkyl halides is 3. The fourth-order valence-corrected chi connectivity index (χ4v) is 1.77. The van der Waals surface area contributed by atoms with Crippen LogP contribution in [0.3, 0.4) is 0 Å². The second-order valence-electron chi connectivity index (χ2n) is 4.40. The third-order valence-electron chi connectivity index (χ3n) is 2.71. The molecule has 0 aromatic heterocycles. The molecular weight excluding hydrogens is 243 g/mol. The Kier molecular flexibility index (Phi) is 5.13. The minimum Gasteiger partial charge on any atom is -0.309 e. The molecule has 0 saturated carbocycles. The van der Waals surface area contributed by atoms with Crippen LogP contribution in [0.25, 0.3) is 0 Å². The molecule has 0 heterocycles. The fraction of sp³-hybridized carbons (Fsp3) is 0.500. The lowest BCUT2D eigenvalue weighted by Gasteiger charge is -2.22. The van der Waals surface area contributed by atoms with Gasteiger partial charge in [0.05, 0.1) is 5.56 Å². The van der Waals surface area contributed by atoms with Gasteiger partial charge < -0.3 is 4.90 Å². The van der Waals surface area contributed by atoms with Crippen molar-refractivity contribution in [3.8, 4) is 0 Å². The third kappa shape index (κ3) is 3.97. The van der Waals surface area contributed by atoms with Crippen molar-refractivity contribution in [1.82, 2.24) is 10.3 Å². The van der Waals surface area contributed by atoms with Crippen molar-refractivity contribution in [3.05, 3.63) is 35.4 Å². The van der Waals surface area contributed by atoms with Crippen LogP contribution < -0.4 is 11.3 Å². The van der Waals surface area contributed by atoms with E-state index in [0.29, 0.717) is 13.0 Å². The Morgan fingerprint density at radius 1 is 1.28 bits per heavy atom. The van der Waals surface area contributed by atoms with Crippen LogP contribution in [0.15, 0.2) is 24.3 Å². The van der Waals surface area contributed by atoms with Gasteiger partial charge in [0.25, 0.3) is 0 Å². The Morgan fingerprint density at radius 2 is 1.89 bits per heavy atom. The van der Waals surface area contributed by atoms with E-state index in [-0.39, 0.29) is 5.56 Å². The van der Waals surface area contributed by atoms with Gasteiger partial charge in [-0.15, -0.1) is 0 Å². The molecule has 0 spiro atoms. The summed E-state index contributed by atoms with van der Waals surface area (Å²) in [5.74, 6) is 5.37. The maximum atomic E-state index is 12.9. The molecule has 1 aromatic rings. The number of hydrogen-bond donors (Lipinski definition) is 2. The van der Waals surface area contributed by atoms with Crippen molar-refractivity contribution in [3.63, 3.8) is 0 Å². The summed E-state index contributed by atoms with van der Waals surface area (Å²) in [6.07, 6.45) is -3.85. The van der Waals surface area contributed by atoms with Crippen molar-refractivity contribution in [2.45, 2.75) is 18.6 Å². The zero-order chi connectivity index (χ0) is 13.8. The molecule has 0 bridgehead atoms. The van der Waals surface area contributed by atoms with E-state index in [1.807, 2.05) is 19.0 Å². The molecular formula is C12H18F3N3. The molecule has 102 valence electrons. The average Bonchev–Trinajstić information content (AvgIpc) is 2.29. The maximum Gasteiger partial charge on any atom is 0.416 e. The molecule has 1 unspecified atom stereocenters. The van der Waals surface area contributed by atoms with E-state index in [1.165, 1.54) is 12.1 Å². The highest BCUT2D eigenvalue weighted by Crippen LogP contribution is 2.35. The predicted octanol–water partition coefficient (Wildman–Crippen LogP) is 2.16. The van der Waals surface area contributed by atoms with E-state index in [1.54, 1.807) is 6.07 Å². The number of benzene rings is 1. The smallest absolute Gasteiger partial charge is 0.309 e. The highest BCUT2D eigenvalue weighted by atomic mass is 19.4. The summed E-state index contributed by atoms with van der Waals surface area (Å²) >= 11 is 0. The Balaban J connectivity index is 2.98. The Morgan fingerprint density at radius 3 is 2.39 bits per heavy atom. The first kappa shape index (κ1) is 14.9. The summed E-state index contributed by atoms with van der Waals surface area (Å²) in [7, 11) is 3.73. The van der Waals surface area contributed by atoms with Gasteiger partial charge in [-0.1, -0.05) is 18.2 Å². The number of nitrogens with two attached hydrogens (primary N) is 1. The maximum absolute atomic E-state index is 12.9. The highest BCUT2D eigenvalue weighted by molar-refractivity contribution is 5.32. The first-order chi connectivity index (χ1) is 8.36. The van der Waals surface area contributed by atoms with Crippen molar-refractivity contribution < 1.29 is 13.2 Å². The van der Waals surface area contributed by atoms with Crippen LogP contribution in [0.1, 0.15) is 23.6 Å². The molecule has 0 fully saturated rings. The van der Waals surface area contributed by atoms with Gasteiger partial charge in [-0.3, -0.25) is 11.3 Å². The molecule has 0 aliphatic carbocycles. The monoisotopic (exact) mass is 261 g/mol. The van der Waals surface area contributed by atoms with Gasteiger partial charge in [0.1, 0.15) is 0 Å². The normalized spacial score (nSPS) is 13.9. The van der Waals surface area contributed by atoms with Crippen LogP contribution in [0.4, 0.5) is 13.2 Å². The first-order valence-electron chi connectivity index (χ1n) is 5.63. The molecule has 0 aliphatic rings. The van der Waals surface area contributed by atoms with Gasteiger partial charge in [-0.25, -0.2) is 0 Å². The van der Waals surface area contributed by atoms with Crippen LogP contribution >= 0.6 is 0 Å². The summed E-state index contributed by atoms with van der Waals surface area (Å²) in [5, 5.41) is 0. The van der Waals surface area contributed by atoms with Gasteiger partial charge >= 0.3 is 6.18 Å². The molecule has 0 aliphatic heterocycles. The number of rotatable bonds is 5. The van der Waals surface area contributed by atoms with Crippen LogP contribution in [-0.4, -0.2) is 25.5 Å². The minimum absolute atomic E-state index is 0.189. The highest BCUT2D eigenvalue weighted by Gasteiger charge is 2.34. The fourth-order valence-electron chi connectivity index (χ4n) is 1.77. The summed E-state index contributed by atoms with van der Waals surface area (Å²) in [6.45, 7) is 0.654. The lowest BCUT2D eigenvalue weighted by Crippen LogP contribution is -2.32. The topological polar surface area (TPSA) is 41.3 Å². The summed E-state index contributed by atoms with van der Waals surface area (Å²) in [4.78, 5) is 1.90. The van der Waals surface area contributed by atoms with Gasteiger partial charge in [0, 0.05) is 6.04 Å². The van der Waals surface area contributed by atoms with Crippen molar-refractivity contribution in [2.24, 2.45) is 5.84 Å². The average molecular weight is 261 g/mol. The first-order valence-corrected chi connectivity index (χ1v) is 5.63. The number of hydrazine groups is 1. The second-order valence-corrected chi connectivity index (χ2v) is 4.40. The molecule has 1 atom stereocenters. The molecule has 1 rings (SSSR count). The van der Waals surface area contributed by atoms with E-state index >= 15 is 0 Å². The number of hydrogen-bond acceptors (Lipinski definition) is 3. The molecule has 3 nitrogen and oxygen atoms in total. The quantitative estimate of drug-likeness (QED) is 0.630. The van der Waals surface area contributed by atoms with Gasteiger partial charge in [0.15, 0.2) is 0 Å². The van der Waals surface area contributed by atoms with Gasteiger partial charge in [-0.2, -0.15) is 13.2 Å². The molecule has 0 radical (unpaired) electrons. The van der Waals surface area contributed by atoms with E-state index in [2.05, 4.69) is 5.43 Å². The van der Waals surface area contributed by atoms with E-state index < -0.39 is 17.8 Å². The minimum atomic E-state index is -4.36. The Labute approximate surface area is 105 Å². The van der Waals surface area contributed by atoms with Gasteiger partial charge in [0.2, 0.25) is 0 Å². The summed E-state index contributed by atoms with van der Waals surface area (Å²) in [5.41, 5.74) is 2.02. The summed E-state index contributed by atoms with van der Waals surface area (Å²) < 4.78 is 38.6. The van der Waals surface area contributed by atoms with Crippen molar-refractivity contribution >= 4 is 0 Å². The van der Waals surface area contributed by atoms with Crippen LogP contribution in [0.5, 0.6) is 0 Å².